The molecule has 54 valence electrons. The maximum Gasteiger partial charge on any atom is 0.250 e. The fraction of sp³-hybridized carbons (Fsp3) is 0. The predicted molar refractivity (Wildman–Crippen MR) is 35.3 cm³/mol. The lowest BCUT2D eigenvalue weighted by molar-refractivity contribution is 0.568. The molecule has 2 aromatic heterocycles. The molecule has 2 heterocycles. The molecular weight excluding hydrogens is 144 g/mol. The molecule has 11 heavy (non-hydrogen) atoms. The van der Waals surface area contributed by atoms with Crippen molar-refractivity contribution in [3.8, 4) is 11.5 Å². The van der Waals surface area contributed by atoms with E-state index in [0.29, 0.717) is 5.89 Å². The SMILES string of the molecule is c1ncc(-c2nnco2)cn1. The molecule has 0 saturated heterocycles. The Morgan fingerprint density at radius 2 is 2.00 bits per heavy atom. The van der Waals surface area contributed by atoms with E-state index < -0.39 is 0 Å². The summed E-state index contributed by atoms with van der Waals surface area (Å²) in [6.45, 7) is 0. The second-order valence-electron chi connectivity index (χ2n) is 1.87. The van der Waals surface area contributed by atoms with Crippen LogP contribution in [0.15, 0.2) is 29.5 Å². The zero-order valence-corrected chi connectivity index (χ0v) is 5.51. The van der Waals surface area contributed by atoms with Gasteiger partial charge >= 0.3 is 0 Å². The van der Waals surface area contributed by atoms with Crippen molar-refractivity contribution >= 4 is 0 Å². The minimum atomic E-state index is 0.436. The first-order valence-corrected chi connectivity index (χ1v) is 2.98. The Morgan fingerprint density at radius 3 is 2.64 bits per heavy atom. The fourth-order valence-electron chi connectivity index (χ4n) is 0.708. The van der Waals surface area contributed by atoms with E-state index >= 15 is 0 Å². The van der Waals surface area contributed by atoms with Crippen LogP contribution in [0.5, 0.6) is 0 Å². The third-order valence-electron chi connectivity index (χ3n) is 1.17. The highest BCUT2D eigenvalue weighted by atomic mass is 16.4. The van der Waals surface area contributed by atoms with Crippen LogP contribution in [0.4, 0.5) is 0 Å². The Hall–Kier alpha value is -1.78. The molecule has 5 nitrogen and oxygen atoms in total. The van der Waals surface area contributed by atoms with Gasteiger partial charge in [0.25, 0.3) is 5.89 Å². The topological polar surface area (TPSA) is 64.7 Å². The standard InChI is InChI=1S/C6H4N4O/c1-5(2-8-3-7-1)6-10-9-4-11-6/h1-4H. The van der Waals surface area contributed by atoms with Crippen LogP contribution < -0.4 is 0 Å². The van der Waals surface area contributed by atoms with E-state index in [4.69, 9.17) is 4.42 Å². The van der Waals surface area contributed by atoms with E-state index in [0.717, 1.165) is 5.56 Å². The maximum absolute atomic E-state index is 4.92. The third-order valence-corrected chi connectivity index (χ3v) is 1.17. The van der Waals surface area contributed by atoms with Crippen molar-refractivity contribution in [3.05, 3.63) is 25.1 Å². The molecule has 0 unspecified atom stereocenters. The second-order valence-corrected chi connectivity index (χ2v) is 1.87. The molecule has 0 aliphatic heterocycles. The first-order chi connectivity index (χ1) is 5.47. The zero-order valence-electron chi connectivity index (χ0n) is 5.51. The summed E-state index contributed by atoms with van der Waals surface area (Å²) in [4.78, 5) is 7.60. The summed E-state index contributed by atoms with van der Waals surface area (Å²) in [5, 5.41) is 7.22. The van der Waals surface area contributed by atoms with Gasteiger partial charge in [-0.2, -0.15) is 0 Å². The average molecular weight is 148 g/mol. The first kappa shape index (κ1) is 5.96. The Labute approximate surface area is 62.1 Å². The van der Waals surface area contributed by atoms with Gasteiger partial charge in [0, 0.05) is 12.4 Å². The largest absolute Gasteiger partial charge is 0.423 e. The van der Waals surface area contributed by atoms with Crippen molar-refractivity contribution < 1.29 is 4.42 Å². The number of aromatic nitrogens is 4. The molecule has 5 heteroatoms. The minimum absolute atomic E-state index is 0.436. The Morgan fingerprint density at radius 1 is 1.18 bits per heavy atom. The van der Waals surface area contributed by atoms with Crippen molar-refractivity contribution in [1.82, 2.24) is 20.2 Å². The summed E-state index contributed by atoms with van der Waals surface area (Å²) >= 11 is 0. The monoisotopic (exact) mass is 148 g/mol. The zero-order chi connectivity index (χ0) is 7.52. The van der Waals surface area contributed by atoms with E-state index in [1.54, 1.807) is 12.4 Å². The molecule has 0 atom stereocenters. The molecule has 0 aromatic carbocycles. The van der Waals surface area contributed by atoms with Crippen LogP contribution in [0.25, 0.3) is 11.5 Å². The van der Waals surface area contributed by atoms with E-state index in [2.05, 4.69) is 20.2 Å². The summed E-state index contributed by atoms with van der Waals surface area (Å²) in [6.07, 6.45) is 5.93. The molecule has 0 amide bonds. The molecule has 0 bridgehead atoms. The number of hydrogen-bond acceptors (Lipinski definition) is 5. The highest BCUT2D eigenvalue weighted by Crippen LogP contribution is 2.11. The summed E-state index contributed by atoms with van der Waals surface area (Å²) in [6, 6.07) is 0. The number of hydrogen-bond donors (Lipinski definition) is 0. The molecule has 2 aromatic rings. The summed E-state index contributed by atoms with van der Waals surface area (Å²) in [7, 11) is 0. The smallest absolute Gasteiger partial charge is 0.250 e. The molecule has 0 radical (unpaired) electrons. The van der Waals surface area contributed by atoms with Gasteiger partial charge in [-0.1, -0.05) is 0 Å². The Kier molecular flexibility index (Phi) is 1.33. The van der Waals surface area contributed by atoms with Gasteiger partial charge in [-0.05, 0) is 0 Å². The van der Waals surface area contributed by atoms with Gasteiger partial charge in [0.2, 0.25) is 6.39 Å². The van der Waals surface area contributed by atoms with Crippen molar-refractivity contribution in [2.75, 3.05) is 0 Å². The van der Waals surface area contributed by atoms with Crippen molar-refractivity contribution in [3.63, 3.8) is 0 Å². The lowest BCUT2D eigenvalue weighted by atomic mass is 10.3. The lowest BCUT2D eigenvalue weighted by Crippen LogP contribution is -1.81. The Bertz CT molecular complexity index is 318. The van der Waals surface area contributed by atoms with Gasteiger partial charge < -0.3 is 4.42 Å². The van der Waals surface area contributed by atoms with Crippen molar-refractivity contribution in [2.24, 2.45) is 0 Å². The first-order valence-electron chi connectivity index (χ1n) is 2.98. The van der Waals surface area contributed by atoms with Crippen LogP contribution in [0, 0.1) is 0 Å². The van der Waals surface area contributed by atoms with Gasteiger partial charge in [0.15, 0.2) is 0 Å². The van der Waals surface area contributed by atoms with Gasteiger partial charge in [-0.3, -0.25) is 0 Å². The van der Waals surface area contributed by atoms with Crippen LogP contribution in [-0.4, -0.2) is 20.2 Å². The van der Waals surface area contributed by atoms with Crippen LogP contribution in [0.1, 0.15) is 0 Å². The molecule has 0 aliphatic rings. The molecule has 2 rings (SSSR count). The minimum Gasteiger partial charge on any atom is -0.423 e. The van der Waals surface area contributed by atoms with Crippen LogP contribution in [-0.2, 0) is 0 Å². The maximum atomic E-state index is 4.92. The van der Waals surface area contributed by atoms with Crippen molar-refractivity contribution in [1.29, 1.82) is 0 Å². The molecule has 0 fully saturated rings. The van der Waals surface area contributed by atoms with E-state index in [1.807, 2.05) is 0 Å². The lowest BCUT2D eigenvalue weighted by Gasteiger charge is -1.88. The quantitative estimate of drug-likeness (QED) is 0.590. The van der Waals surface area contributed by atoms with E-state index in [9.17, 15) is 0 Å². The summed E-state index contributed by atoms with van der Waals surface area (Å²) in [5.74, 6) is 0.436. The predicted octanol–water partition coefficient (Wildman–Crippen LogP) is 0.527. The summed E-state index contributed by atoms with van der Waals surface area (Å²) < 4.78 is 4.92. The highest BCUT2D eigenvalue weighted by molar-refractivity contribution is 5.47. The highest BCUT2D eigenvalue weighted by Gasteiger charge is 2.01. The molecular formula is C6H4N4O. The molecule has 0 N–H and O–H groups in total. The van der Waals surface area contributed by atoms with Gasteiger partial charge in [-0.15, -0.1) is 10.2 Å². The van der Waals surface area contributed by atoms with Crippen LogP contribution in [0.3, 0.4) is 0 Å². The van der Waals surface area contributed by atoms with Gasteiger partial charge in [0.1, 0.15) is 6.33 Å². The normalized spacial score (nSPS) is 9.82. The average Bonchev–Trinajstić information content (AvgIpc) is 2.58. The fourth-order valence-corrected chi connectivity index (χ4v) is 0.708. The molecule has 0 aliphatic carbocycles. The summed E-state index contributed by atoms with van der Waals surface area (Å²) in [5.41, 5.74) is 0.727. The Balaban J connectivity index is 2.46. The number of nitrogens with zero attached hydrogens (tertiary/aromatic N) is 4. The van der Waals surface area contributed by atoms with Crippen LogP contribution in [0.2, 0.25) is 0 Å². The van der Waals surface area contributed by atoms with E-state index in [-0.39, 0.29) is 0 Å². The third kappa shape index (κ3) is 1.07. The number of rotatable bonds is 1. The molecule has 0 saturated carbocycles. The second kappa shape index (κ2) is 2.45. The molecule has 0 spiro atoms. The van der Waals surface area contributed by atoms with Crippen LogP contribution >= 0.6 is 0 Å². The van der Waals surface area contributed by atoms with Gasteiger partial charge in [-0.25, -0.2) is 9.97 Å². The van der Waals surface area contributed by atoms with E-state index in [1.165, 1.54) is 12.7 Å². The van der Waals surface area contributed by atoms with Gasteiger partial charge in [0.05, 0.1) is 5.56 Å². The van der Waals surface area contributed by atoms with Crippen molar-refractivity contribution in [2.45, 2.75) is 0 Å².